The average Bonchev–Trinajstić information content (AvgIpc) is 2.67. The van der Waals surface area contributed by atoms with Gasteiger partial charge in [-0.05, 0) is 24.1 Å². The highest BCUT2D eigenvalue weighted by Gasteiger charge is 1.99. The molecule has 0 saturated heterocycles. The lowest BCUT2D eigenvalue weighted by Gasteiger charge is -2.05. The van der Waals surface area contributed by atoms with E-state index in [1.54, 1.807) is 4.68 Å². The van der Waals surface area contributed by atoms with Crippen LogP contribution in [0.4, 0.5) is 0 Å². The van der Waals surface area contributed by atoms with Gasteiger partial charge in [0.2, 0.25) is 0 Å². The molecule has 0 aromatic carbocycles. The van der Waals surface area contributed by atoms with Crippen LogP contribution in [0.25, 0.3) is 0 Å². The van der Waals surface area contributed by atoms with Gasteiger partial charge in [-0.15, -0.1) is 5.10 Å². The van der Waals surface area contributed by atoms with E-state index in [0.29, 0.717) is 0 Å². The first-order chi connectivity index (χ1) is 7.75. The van der Waals surface area contributed by atoms with Crippen molar-refractivity contribution in [1.29, 1.82) is 0 Å². The van der Waals surface area contributed by atoms with Crippen molar-refractivity contribution in [3.05, 3.63) is 41.5 Å². The molecule has 0 spiro atoms. The number of rotatable bonds is 4. The maximum Gasteiger partial charge on any atom is 0.0964 e. The van der Waals surface area contributed by atoms with Crippen molar-refractivity contribution in [3.8, 4) is 0 Å². The van der Waals surface area contributed by atoms with E-state index >= 15 is 0 Å². The molecule has 2 aromatic heterocycles. The van der Waals surface area contributed by atoms with E-state index in [9.17, 15) is 0 Å². The van der Waals surface area contributed by atoms with Crippen molar-refractivity contribution < 1.29 is 0 Å². The van der Waals surface area contributed by atoms with Crippen LogP contribution in [-0.2, 0) is 20.1 Å². The van der Waals surface area contributed by atoms with Crippen LogP contribution in [0.3, 0.4) is 0 Å². The molecule has 0 unspecified atom stereocenters. The van der Waals surface area contributed by atoms with Crippen LogP contribution in [0, 0.1) is 6.92 Å². The highest BCUT2D eigenvalue weighted by molar-refractivity contribution is 5.21. The van der Waals surface area contributed by atoms with Gasteiger partial charge in [-0.25, -0.2) is 0 Å². The summed E-state index contributed by atoms with van der Waals surface area (Å²) in [5, 5.41) is 11.2. The molecule has 84 valence electrons. The molecule has 0 aliphatic rings. The van der Waals surface area contributed by atoms with Gasteiger partial charge in [0.15, 0.2) is 0 Å². The lowest BCUT2D eigenvalue weighted by atomic mass is 10.1. The van der Waals surface area contributed by atoms with E-state index < -0.39 is 0 Å². The standard InChI is InChI=1S/C11H15N5/c1-9-5-12-4-3-10(9)6-13-7-11-8-16(2)15-14-11/h3-5,8,13H,6-7H2,1-2H3. The predicted octanol–water partition coefficient (Wildman–Crippen LogP) is 0.808. The lowest BCUT2D eigenvalue weighted by molar-refractivity contribution is 0.671. The van der Waals surface area contributed by atoms with E-state index in [-0.39, 0.29) is 0 Å². The quantitative estimate of drug-likeness (QED) is 0.823. The maximum atomic E-state index is 4.06. The molecule has 1 N–H and O–H groups in total. The van der Waals surface area contributed by atoms with Gasteiger partial charge in [0, 0.05) is 38.7 Å². The third-order valence-electron chi connectivity index (χ3n) is 2.41. The molecule has 2 aromatic rings. The Labute approximate surface area is 94.5 Å². The first-order valence-electron chi connectivity index (χ1n) is 5.21. The average molecular weight is 217 g/mol. The van der Waals surface area contributed by atoms with Gasteiger partial charge in [0.25, 0.3) is 0 Å². The van der Waals surface area contributed by atoms with Gasteiger partial charge < -0.3 is 5.32 Å². The van der Waals surface area contributed by atoms with Gasteiger partial charge in [0.05, 0.1) is 5.69 Å². The molecule has 0 aliphatic heterocycles. The summed E-state index contributed by atoms with van der Waals surface area (Å²) in [5.74, 6) is 0. The molecular weight excluding hydrogens is 202 g/mol. The van der Waals surface area contributed by atoms with Crippen molar-refractivity contribution in [2.75, 3.05) is 0 Å². The number of pyridine rings is 1. The minimum atomic E-state index is 0.732. The number of aryl methyl sites for hydroxylation is 2. The molecule has 0 saturated carbocycles. The number of nitrogens with zero attached hydrogens (tertiary/aromatic N) is 4. The van der Waals surface area contributed by atoms with Crippen LogP contribution in [0.15, 0.2) is 24.7 Å². The van der Waals surface area contributed by atoms with Crippen molar-refractivity contribution in [3.63, 3.8) is 0 Å². The molecule has 0 atom stereocenters. The van der Waals surface area contributed by atoms with E-state index in [4.69, 9.17) is 0 Å². The van der Waals surface area contributed by atoms with E-state index in [1.807, 2.05) is 31.7 Å². The summed E-state index contributed by atoms with van der Waals surface area (Å²) in [5.41, 5.74) is 3.42. The summed E-state index contributed by atoms with van der Waals surface area (Å²) in [6.45, 7) is 3.62. The Morgan fingerprint density at radius 1 is 1.38 bits per heavy atom. The zero-order valence-electron chi connectivity index (χ0n) is 9.51. The topological polar surface area (TPSA) is 55.6 Å². The fourth-order valence-corrected chi connectivity index (χ4v) is 1.50. The van der Waals surface area contributed by atoms with Gasteiger partial charge in [-0.1, -0.05) is 5.21 Å². The van der Waals surface area contributed by atoms with Crippen LogP contribution in [-0.4, -0.2) is 20.0 Å². The third kappa shape index (κ3) is 2.64. The second kappa shape index (κ2) is 4.85. The van der Waals surface area contributed by atoms with Crippen LogP contribution >= 0.6 is 0 Å². The molecule has 5 nitrogen and oxygen atoms in total. The smallest absolute Gasteiger partial charge is 0.0964 e. The molecule has 0 bridgehead atoms. The Hall–Kier alpha value is -1.75. The summed E-state index contributed by atoms with van der Waals surface area (Å²) < 4.78 is 1.70. The summed E-state index contributed by atoms with van der Waals surface area (Å²) >= 11 is 0. The van der Waals surface area contributed by atoms with Gasteiger partial charge in [-0.3, -0.25) is 9.67 Å². The maximum absolute atomic E-state index is 4.06. The van der Waals surface area contributed by atoms with E-state index in [1.165, 1.54) is 11.1 Å². The molecule has 0 aliphatic carbocycles. The molecule has 0 fully saturated rings. The summed E-state index contributed by atoms with van der Waals surface area (Å²) in [6, 6.07) is 2.03. The Bertz CT molecular complexity index is 463. The van der Waals surface area contributed by atoms with Gasteiger partial charge in [0.1, 0.15) is 0 Å². The first-order valence-corrected chi connectivity index (χ1v) is 5.21. The molecule has 0 amide bonds. The fourth-order valence-electron chi connectivity index (χ4n) is 1.50. The predicted molar refractivity (Wildman–Crippen MR) is 60.5 cm³/mol. The molecule has 2 rings (SSSR count). The van der Waals surface area contributed by atoms with Gasteiger partial charge in [-0.2, -0.15) is 0 Å². The third-order valence-corrected chi connectivity index (χ3v) is 2.41. The van der Waals surface area contributed by atoms with Crippen molar-refractivity contribution in [2.24, 2.45) is 7.05 Å². The summed E-state index contributed by atoms with van der Waals surface area (Å²) in [4.78, 5) is 4.06. The van der Waals surface area contributed by atoms with Crippen LogP contribution in [0.2, 0.25) is 0 Å². The minimum Gasteiger partial charge on any atom is -0.307 e. The lowest BCUT2D eigenvalue weighted by Crippen LogP contribution is -2.13. The molecule has 2 heterocycles. The molecule has 5 heteroatoms. The van der Waals surface area contributed by atoms with Crippen molar-refractivity contribution in [1.82, 2.24) is 25.3 Å². The Balaban J connectivity index is 1.87. The Morgan fingerprint density at radius 2 is 2.25 bits per heavy atom. The van der Waals surface area contributed by atoms with Crippen molar-refractivity contribution in [2.45, 2.75) is 20.0 Å². The minimum absolute atomic E-state index is 0.732. The highest BCUT2D eigenvalue weighted by Crippen LogP contribution is 2.04. The number of aromatic nitrogens is 4. The Morgan fingerprint density at radius 3 is 2.94 bits per heavy atom. The Kier molecular flexibility index (Phi) is 3.26. The highest BCUT2D eigenvalue weighted by atomic mass is 15.4. The van der Waals surface area contributed by atoms with Crippen molar-refractivity contribution >= 4 is 0 Å². The first kappa shape index (κ1) is 10.8. The zero-order valence-corrected chi connectivity index (χ0v) is 9.51. The second-order valence-corrected chi connectivity index (χ2v) is 3.79. The fraction of sp³-hybridized carbons (Fsp3) is 0.364. The normalized spacial score (nSPS) is 10.6. The largest absolute Gasteiger partial charge is 0.307 e. The van der Waals surface area contributed by atoms with E-state index in [2.05, 4.69) is 27.5 Å². The molecular formula is C11H15N5. The number of nitrogens with one attached hydrogen (secondary N) is 1. The van der Waals surface area contributed by atoms with Crippen LogP contribution < -0.4 is 5.32 Å². The summed E-state index contributed by atoms with van der Waals surface area (Å²) in [7, 11) is 1.86. The van der Waals surface area contributed by atoms with E-state index in [0.717, 1.165) is 18.8 Å². The van der Waals surface area contributed by atoms with Gasteiger partial charge >= 0.3 is 0 Å². The number of hydrogen-bond acceptors (Lipinski definition) is 4. The molecule has 0 radical (unpaired) electrons. The zero-order chi connectivity index (χ0) is 11.4. The molecule has 16 heavy (non-hydrogen) atoms. The second-order valence-electron chi connectivity index (χ2n) is 3.79. The SMILES string of the molecule is Cc1cnccc1CNCc1cn(C)nn1. The summed E-state index contributed by atoms with van der Waals surface area (Å²) in [6.07, 6.45) is 5.60. The number of hydrogen-bond donors (Lipinski definition) is 1. The monoisotopic (exact) mass is 217 g/mol. The van der Waals surface area contributed by atoms with Crippen LogP contribution in [0.1, 0.15) is 16.8 Å². The van der Waals surface area contributed by atoms with Crippen LogP contribution in [0.5, 0.6) is 0 Å².